The van der Waals surface area contributed by atoms with Crippen molar-refractivity contribution in [2.75, 3.05) is 18.7 Å². The van der Waals surface area contributed by atoms with Crippen molar-refractivity contribution < 1.29 is 9.53 Å². The molecule has 0 saturated heterocycles. The zero-order valence-corrected chi connectivity index (χ0v) is 8.96. The first kappa shape index (κ1) is 10.4. The summed E-state index contributed by atoms with van der Waals surface area (Å²) in [6.07, 6.45) is 4.36. The van der Waals surface area contributed by atoms with Crippen LogP contribution in [-0.2, 0) is 4.79 Å². The lowest BCUT2D eigenvalue weighted by molar-refractivity contribution is -0.112. The van der Waals surface area contributed by atoms with Crippen LogP contribution in [0.5, 0.6) is 5.75 Å². The van der Waals surface area contributed by atoms with Crippen LogP contribution in [0.25, 0.3) is 0 Å². The van der Waals surface area contributed by atoms with Gasteiger partial charge in [0.15, 0.2) is 0 Å². The van der Waals surface area contributed by atoms with Crippen molar-refractivity contribution in [3.63, 3.8) is 0 Å². The second-order valence-corrected chi connectivity index (χ2v) is 3.32. The molecule has 16 heavy (non-hydrogen) atoms. The molecule has 1 aromatic rings. The molecule has 0 aromatic heterocycles. The molecule has 0 bridgehead atoms. The number of rotatable bonds is 4. The summed E-state index contributed by atoms with van der Waals surface area (Å²) in [6.45, 7) is 0.602. The number of hydrazine groups is 1. The first-order valence-electron chi connectivity index (χ1n) is 4.89. The number of hydrogen-bond acceptors (Lipinski definition) is 4. The van der Waals surface area contributed by atoms with Crippen LogP contribution in [0.1, 0.15) is 0 Å². The molecule has 0 fully saturated rings. The molecule has 84 valence electrons. The number of methoxy groups -OCH3 is 1. The van der Waals surface area contributed by atoms with E-state index in [1.54, 1.807) is 18.3 Å². The minimum absolute atomic E-state index is 0.602. The van der Waals surface area contributed by atoms with Gasteiger partial charge in [-0.2, -0.15) is 0 Å². The maximum absolute atomic E-state index is 10.3. The number of carbonyl (C=O) groups is 1. The standard InChI is InChI=1S/C11H13N3O2/c1-16-11-4-2-10(3-5-11)13-6-7-14(9-13)12-8-15/h2-8H,9H2,1H3,(H,12,15). The Hall–Kier alpha value is -2.17. The first-order chi connectivity index (χ1) is 7.83. The number of nitrogens with zero attached hydrogens (tertiary/aromatic N) is 2. The van der Waals surface area contributed by atoms with Crippen molar-refractivity contribution >= 4 is 12.1 Å². The lowest BCUT2D eigenvalue weighted by Gasteiger charge is -2.20. The van der Waals surface area contributed by atoms with Crippen LogP contribution in [0.3, 0.4) is 0 Å². The Morgan fingerprint density at radius 3 is 2.69 bits per heavy atom. The fraction of sp³-hybridized carbons (Fsp3) is 0.182. The van der Waals surface area contributed by atoms with Gasteiger partial charge in [0.2, 0.25) is 6.41 Å². The fourth-order valence-corrected chi connectivity index (χ4v) is 1.51. The molecule has 0 saturated carbocycles. The number of ether oxygens (including phenoxy) is 1. The summed E-state index contributed by atoms with van der Waals surface area (Å²) in [5.74, 6) is 0.829. The summed E-state index contributed by atoms with van der Waals surface area (Å²) >= 11 is 0. The highest BCUT2D eigenvalue weighted by molar-refractivity contribution is 5.53. The third-order valence-corrected chi connectivity index (χ3v) is 2.35. The average Bonchev–Trinajstić information content (AvgIpc) is 2.78. The summed E-state index contributed by atoms with van der Waals surface area (Å²) in [7, 11) is 1.64. The van der Waals surface area contributed by atoms with Gasteiger partial charge in [0.25, 0.3) is 0 Å². The number of anilines is 1. The molecule has 1 heterocycles. The van der Waals surface area contributed by atoms with E-state index in [9.17, 15) is 4.79 Å². The van der Waals surface area contributed by atoms with Gasteiger partial charge in [-0.05, 0) is 24.3 Å². The van der Waals surface area contributed by atoms with E-state index in [4.69, 9.17) is 4.74 Å². The molecule has 2 rings (SSSR count). The molecule has 1 aliphatic heterocycles. The van der Waals surface area contributed by atoms with Crippen LogP contribution in [0.4, 0.5) is 5.69 Å². The van der Waals surface area contributed by atoms with Crippen LogP contribution in [0.15, 0.2) is 36.7 Å². The minimum atomic E-state index is 0.602. The molecule has 1 aromatic carbocycles. The van der Waals surface area contributed by atoms with E-state index in [0.29, 0.717) is 13.1 Å². The predicted molar refractivity (Wildman–Crippen MR) is 60.5 cm³/mol. The van der Waals surface area contributed by atoms with Crippen LogP contribution in [-0.4, -0.2) is 25.2 Å². The van der Waals surface area contributed by atoms with E-state index >= 15 is 0 Å². The summed E-state index contributed by atoms with van der Waals surface area (Å²) in [4.78, 5) is 12.3. The van der Waals surface area contributed by atoms with E-state index < -0.39 is 0 Å². The zero-order valence-electron chi connectivity index (χ0n) is 8.96. The summed E-state index contributed by atoms with van der Waals surface area (Å²) in [5.41, 5.74) is 3.61. The lowest BCUT2D eigenvalue weighted by Crippen LogP contribution is -2.35. The highest BCUT2D eigenvalue weighted by Gasteiger charge is 2.12. The second kappa shape index (κ2) is 4.57. The van der Waals surface area contributed by atoms with Crippen molar-refractivity contribution in [3.8, 4) is 5.75 Å². The summed E-state index contributed by atoms with van der Waals surface area (Å²) < 4.78 is 5.09. The van der Waals surface area contributed by atoms with Gasteiger partial charge in [-0.15, -0.1) is 0 Å². The largest absolute Gasteiger partial charge is 0.497 e. The maximum Gasteiger partial charge on any atom is 0.225 e. The van der Waals surface area contributed by atoms with Crippen LogP contribution in [0.2, 0.25) is 0 Å². The van der Waals surface area contributed by atoms with Crippen LogP contribution >= 0.6 is 0 Å². The van der Waals surface area contributed by atoms with Gasteiger partial charge in [-0.3, -0.25) is 15.2 Å². The molecule has 1 aliphatic rings. The lowest BCUT2D eigenvalue weighted by atomic mass is 10.3. The molecular weight excluding hydrogens is 206 g/mol. The molecule has 0 aliphatic carbocycles. The number of amides is 1. The Labute approximate surface area is 93.9 Å². The van der Waals surface area contributed by atoms with E-state index in [2.05, 4.69) is 5.43 Å². The van der Waals surface area contributed by atoms with Crippen molar-refractivity contribution in [1.29, 1.82) is 0 Å². The van der Waals surface area contributed by atoms with E-state index in [1.165, 1.54) is 0 Å². The Balaban J connectivity index is 2.03. The zero-order chi connectivity index (χ0) is 11.4. The third kappa shape index (κ3) is 2.08. The number of benzene rings is 1. The second-order valence-electron chi connectivity index (χ2n) is 3.32. The molecule has 5 nitrogen and oxygen atoms in total. The van der Waals surface area contributed by atoms with Gasteiger partial charge in [-0.1, -0.05) is 0 Å². The van der Waals surface area contributed by atoms with E-state index in [0.717, 1.165) is 11.4 Å². The molecular formula is C11H13N3O2. The quantitative estimate of drug-likeness (QED) is 0.764. The highest BCUT2D eigenvalue weighted by atomic mass is 16.5. The Bertz CT molecular complexity index is 389. The maximum atomic E-state index is 10.3. The molecule has 0 atom stereocenters. The first-order valence-corrected chi connectivity index (χ1v) is 4.89. The molecule has 5 heteroatoms. The number of carbonyl (C=O) groups excluding carboxylic acids is 1. The topological polar surface area (TPSA) is 44.8 Å². The van der Waals surface area contributed by atoms with Gasteiger partial charge in [0.05, 0.1) is 7.11 Å². The fourth-order valence-electron chi connectivity index (χ4n) is 1.51. The van der Waals surface area contributed by atoms with Crippen LogP contribution < -0.4 is 15.1 Å². The van der Waals surface area contributed by atoms with Crippen molar-refractivity contribution in [2.24, 2.45) is 0 Å². The molecule has 0 radical (unpaired) electrons. The van der Waals surface area contributed by atoms with E-state index in [-0.39, 0.29) is 0 Å². The SMILES string of the molecule is COc1ccc(N2C=CN(NC=O)C2)cc1. The highest BCUT2D eigenvalue weighted by Crippen LogP contribution is 2.21. The Morgan fingerprint density at radius 2 is 2.06 bits per heavy atom. The molecule has 1 amide bonds. The van der Waals surface area contributed by atoms with Crippen molar-refractivity contribution in [1.82, 2.24) is 10.4 Å². The van der Waals surface area contributed by atoms with Crippen molar-refractivity contribution in [2.45, 2.75) is 0 Å². The summed E-state index contributed by atoms with van der Waals surface area (Å²) in [5, 5.41) is 1.69. The van der Waals surface area contributed by atoms with Gasteiger partial charge < -0.3 is 9.64 Å². The molecule has 0 spiro atoms. The average molecular weight is 219 g/mol. The normalized spacial score (nSPS) is 14.1. The Morgan fingerprint density at radius 1 is 1.31 bits per heavy atom. The smallest absolute Gasteiger partial charge is 0.225 e. The van der Waals surface area contributed by atoms with Gasteiger partial charge >= 0.3 is 0 Å². The number of nitrogens with one attached hydrogen (secondary N) is 1. The third-order valence-electron chi connectivity index (χ3n) is 2.35. The van der Waals surface area contributed by atoms with Gasteiger partial charge in [0, 0.05) is 18.1 Å². The number of hydrogen-bond donors (Lipinski definition) is 1. The predicted octanol–water partition coefficient (Wildman–Crippen LogP) is 0.907. The monoisotopic (exact) mass is 219 g/mol. The Kier molecular flexibility index (Phi) is 2.95. The van der Waals surface area contributed by atoms with Crippen molar-refractivity contribution in [3.05, 3.63) is 36.7 Å². The molecule has 0 unspecified atom stereocenters. The molecule has 1 N–H and O–H groups in total. The minimum Gasteiger partial charge on any atom is -0.497 e. The van der Waals surface area contributed by atoms with E-state index in [1.807, 2.05) is 35.4 Å². The van der Waals surface area contributed by atoms with Gasteiger partial charge in [-0.25, -0.2) is 0 Å². The van der Waals surface area contributed by atoms with Crippen LogP contribution in [0, 0.1) is 0 Å². The summed E-state index contributed by atoms with van der Waals surface area (Å²) in [6, 6.07) is 7.74. The van der Waals surface area contributed by atoms with Gasteiger partial charge in [0.1, 0.15) is 12.4 Å².